The van der Waals surface area contributed by atoms with Crippen LogP contribution >= 0.6 is 0 Å². The quantitative estimate of drug-likeness (QED) is 0.345. The highest BCUT2D eigenvalue weighted by Gasteiger charge is 2.32. The summed E-state index contributed by atoms with van der Waals surface area (Å²) in [7, 11) is 0. The van der Waals surface area contributed by atoms with Crippen LogP contribution in [0.3, 0.4) is 0 Å². The Morgan fingerprint density at radius 2 is 0.941 bits per heavy atom. The van der Waals surface area contributed by atoms with Gasteiger partial charge in [-0.3, -0.25) is 18.7 Å². The van der Waals surface area contributed by atoms with Crippen molar-refractivity contribution >= 4 is 33.9 Å². The molecule has 6 aromatic rings. The molecule has 6 heteroatoms. The van der Waals surface area contributed by atoms with Gasteiger partial charge in [-0.1, -0.05) is 36.4 Å². The van der Waals surface area contributed by atoms with Gasteiger partial charge in [0, 0.05) is 11.1 Å². The van der Waals surface area contributed by atoms with Crippen molar-refractivity contribution in [1.29, 1.82) is 0 Å². The van der Waals surface area contributed by atoms with Crippen molar-refractivity contribution in [2.75, 3.05) is 0 Å². The molecule has 0 unspecified atom stereocenters. The van der Waals surface area contributed by atoms with E-state index in [1.165, 1.54) is 0 Å². The van der Waals surface area contributed by atoms with Gasteiger partial charge in [0.25, 0.3) is 11.8 Å². The molecule has 0 amide bonds. The highest BCUT2D eigenvalue weighted by Crippen LogP contribution is 2.39. The van der Waals surface area contributed by atoms with E-state index in [0.29, 0.717) is 22.8 Å². The Morgan fingerprint density at radius 1 is 0.500 bits per heavy atom. The fourth-order valence-electron chi connectivity index (χ4n) is 5.26. The first-order chi connectivity index (χ1) is 16.7. The summed E-state index contributed by atoms with van der Waals surface area (Å²) >= 11 is 0. The van der Waals surface area contributed by atoms with Gasteiger partial charge in [0.2, 0.25) is 0 Å². The maximum atomic E-state index is 13.3. The molecule has 0 saturated carbocycles. The molecule has 2 aliphatic rings. The normalized spacial score (nSPS) is 13.4. The Morgan fingerprint density at radius 3 is 1.41 bits per heavy atom. The van der Waals surface area contributed by atoms with Crippen LogP contribution in [0.25, 0.3) is 56.0 Å². The zero-order valence-corrected chi connectivity index (χ0v) is 17.7. The second kappa shape index (κ2) is 5.94. The monoisotopic (exact) mass is 438 g/mol. The molecule has 0 bridgehead atoms. The Hall–Kier alpha value is -4.84. The van der Waals surface area contributed by atoms with Crippen LogP contribution in [0, 0.1) is 0 Å². The van der Waals surface area contributed by atoms with Crippen LogP contribution < -0.4 is 0 Å². The van der Waals surface area contributed by atoms with E-state index in [1.54, 1.807) is 9.13 Å². The molecular formula is C28H14N4O2. The molecule has 34 heavy (non-hydrogen) atoms. The van der Waals surface area contributed by atoms with Gasteiger partial charge in [0.1, 0.15) is 11.6 Å². The highest BCUT2D eigenvalue weighted by atomic mass is 16.2. The maximum absolute atomic E-state index is 13.3. The van der Waals surface area contributed by atoms with Crippen LogP contribution in [0.15, 0.2) is 84.9 Å². The molecule has 0 atom stereocenters. The smallest absolute Gasteiger partial charge is 0.264 e. The first kappa shape index (κ1) is 17.7. The SMILES string of the molecule is O=C1c2cc(-c3ccc4c(c3)C(=O)n3c-4nc4ccccc43)ccc2-c2nc3ccccc3n21. The zero-order chi connectivity index (χ0) is 22.6. The van der Waals surface area contributed by atoms with Crippen molar-refractivity contribution < 1.29 is 9.59 Å². The van der Waals surface area contributed by atoms with Crippen molar-refractivity contribution in [1.82, 2.24) is 19.1 Å². The molecule has 158 valence electrons. The number of aromatic nitrogens is 4. The average molecular weight is 438 g/mol. The van der Waals surface area contributed by atoms with Crippen LogP contribution in [0.5, 0.6) is 0 Å². The largest absolute Gasteiger partial charge is 0.268 e. The van der Waals surface area contributed by atoms with E-state index in [1.807, 2.05) is 84.9 Å². The molecule has 0 N–H and O–H groups in total. The summed E-state index contributed by atoms with van der Waals surface area (Å²) in [6.07, 6.45) is 0. The zero-order valence-electron chi connectivity index (χ0n) is 17.7. The molecule has 4 aromatic carbocycles. The standard InChI is InChI=1S/C28H14N4O2/c33-27-19-13-15(9-11-17(19)25-29-21-5-1-3-7-23(21)31(25)27)16-10-12-18-20(14-16)28(34)32-24-8-4-2-6-22(24)30-26(18)32/h1-14H. The van der Waals surface area contributed by atoms with E-state index in [2.05, 4.69) is 9.97 Å². The molecule has 2 aromatic heterocycles. The number of para-hydroxylation sites is 4. The van der Waals surface area contributed by atoms with Gasteiger partial charge in [0.05, 0.1) is 33.2 Å². The van der Waals surface area contributed by atoms with Crippen LogP contribution in [-0.4, -0.2) is 30.9 Å². The minimum atomic E-state index is -0.0793. The second-order valence-electron chi connectivity index (χ2n) is 8.65. The molecule has 0 radical (unpaired) electrons. The highest BCUT2D eigenvalue weighted by molar-refractivity contribution is 6.15. The van der Waals surface area contributed by atoms with Gasteiger partial charge < -0.3 is 0 Å². The van der Waals surface area contributed by atoms with Crippen molar-refractivity contribution in [3.8, 4) is 33.9 Å². The minimum Gasteiger partial charge on any atom is -0.268 e. The summed E-state index contributed by atoms with van der Waals surface area (Å²) in [5.41, 5.74) is 7.90. The molecule has 2 aliphatic heterocycles. The number of hydrogen-bond acceptors (Lipinski definition) is 4. The Balaban J connectivity index is 1.25. The first-order valence-electron chi connectivity index (χ1n) is 11.0. The molecule has 0 spiro atoms. The van der Waals surface area contributed by atoms with Crippen LogP contribution in [0.1, 0.15) is 20.7 Å². The number of nitrogens with zero attached hydrogens (tertiary/aromatic N) is 4. The van der Waals surface area contributed by atoms with Gasteiger partial charge in [-0.05, 0) is 59.7 Å². The lowest BCUT2D eigenvalue weighted by Crippen LogP contribution is -2.06. The molecule has 6 nitrogen and oxygen atoms in total. The van der Waals surface area contributed by atoms with Crippen LogP contribution in [0.2, 0.25) is 0 Å². The van der Waals surface area contributed by atoms with E-state index in [9.17, 15) is 9.59 Å². The van der Waals surface area contributed by atoms with E-state index in [-0.39, 0.29) is 11.8 Å². The van der Waals surface area contributed by atoms with Gasteiger partial charge in [-0.2, -0.15) is 0 Å². The molecule has 4 heterocycles. The topological polar surface area (TPSA) is 69.8 Å². The molecular weight excluding hydrogens is 424 g/mol. The van der Waals surface area contributed by atoms with Gasteiger partial charge in [-0.25, -0.2) is 9.97 Å². The molecule has 0 fully saturated rings. The minimum absolute atomic E-state index is 0.0793. The molecule has 8 rings (SSSR count). The van der Waals surface area contributed by atoms with Crippen LogP contribution in [-0.2, 0) is 0 Å². The average Bonchev–Trinajstić information content (AvgIpc) is 3.58. The summed E-state index contributed by atoms with van der Waals surface area (Å²) in [6, 6.07) is 27.0. The number of carbonyl (C=O) groups excluding carboxylic acids is 2. The van der Waals surface area contributed by atoms with Gasteiger partial charge >= 0.3 is 0 Å². The maximum Gasteiger partial charge on any atom is 0.264 e. The third kappa shape index (κ3) is 2.05. The molecule has 0 saturated heterocycles. The van der Waals surface area contributed by atoms with Gasteiger partial charge in [-0.15, -0.1) is 0 Å². The number of benzene rings is 4. The fourth-order valence-corrected chi connectivity index (χ4v) is 5.26. The fraction of sp³-hybridized carbons (Fsp3) is 0. The van der Waals surface area contributed by atoms with Crippen molar-refractivity contribution in [2.45, 2.75) is 0 Å². The van der Waals surface area contributed by atoms with Crippen molar-refractivity contribution in [3.05, 3.63) is 96.1 Å². The third-order valence-electron chi connectivity index (χ3n) is 6.84. The van der Waals surface area contributed by atoms with Crippen LogP contribution in [0.4, 0.5) is 0 Å². The van der Waals surface area contributed by atoms with Crippen molar-refractivity contribution in [3.63, 3.8) is 0 Å². The van der Waals surface area contributed by atoms with E-state index in [0.717, 1.165) is 44.3 Å². The van der Waals surface area contributed by atoms with E-state index >= 15 is 0 Å². The van der Waals surface area contributed by atoms with E-state index < -0.39 is 0 Å². The summed E-state index contributed by atoms with van der Waals surface area (Å²) < 4.78 is 3.36. The Labute approximate surface area is 192 Å². The number of rotatable bonds is 1. The lowest BCUT2D eigenvalue weighted by molar-refractivity contribution is 0.0965. The number of imidazole rings is 2. The van der Waals surface area contributed by atoms with Gasteiger partial charge in [0.15, 0.2) is 0 Å². The third-order valence-corrected chi connectivity index (χ3v) is 6.84. The predicted molar refractivity (Wildman–Crippen MR) is 129 cm³/mol. The first-order valence-corrected chi connectivity index (χ1v) is 11.0. The predicted octanol–water partition coefficient (Wildman–Crippen LogP) is 5.39. The van der Waals surface area contributed by atoms with Crippen molar-refractivity contribution in [2.24, 2.45) is 0 Å². The molecule has 0 aliphatic carbocycles. The number of carbonyl (C=O) groups is 2. The Kier molecular flexibility index (Phi) is 3.09. The summed E-state index contributed by atoms with van der Waals surface area (Å²) in [5.74, 6) is 1.19. The summed E-state index contributed by atoms with van der Waals surface area (Å²) in [5, 5.41) is 0. The summed E-state index contributed by atoms with van der Waals surface area (Å²) in [4.78, 5) is 35.9. The lowest BCUT2D eigenvalue weighted by atomic mass is 9.96. The van der Waals surface area contributed by atoms with E-state index in [4.69, 9.17) is 0 Å². The Bertz CT molecular complexity index is 1770. The lowest BCUT2D eigenvalue weighted by Gasteiger charge is -2.06. The summed E-state index contributed by atoms with van der Waals surface area (Å²) in [6.45, 7) is 0. The second-order valence-corrected chi connectivity index (χ2v) is 8.65. The number of hydrogen-bond donors (Lipinski definition) is 0. The number of fused-ring (bicyclic) bond motifs is 10.